The maximum Gasteiger partial charge on any atom is 0.194 e. The fourth-order valence-corrected chi connectivity index (χ4v) is 4.80. The number of hydrogen-bond donors (Lipinski definition) is 2. The van der Waals surface area contributed by atoms with Crippen LogP contribution in [0, 0.1) is 0 Å². The number of thioether (sulfide) groups is 1. The highest BCUT2D eigenvalue weighted by molar-refractivity contribution is 14.0. The summed E-state index contributed by atoms with van der Waals surface area (Å²) in [5.74, 6) is 2.10. The Morgan fingerprint density at radius 1 is 1.40 bits per heavy atom. The first-order chi connectivity index (χ1) is 11.7. The van der Waals surface area contributed by atoms with Crippen LogP contribution >= 0.6 is 35.7 Å². The fraction of sp³-hybridized carbons (Fsp3) is 0.632. The lowest BCUT2D eigenvalue weighted by molar-refractivity contribution is 0.0483. The van der Waals surface area contributed by atoms with Gasteiger partial charge in [0.1, 0.15) is 5.60 Å². The van der Waals surface area contributed by atoms with Crippen molar-refractivity contribution in [2.75, 3.05) is 31.9 Å². The number of nitrogens with zero attached hydrogens (tertiary/aromatic N) is 2. The van der Waals surface area contributed by atoms with Crippen molar-refractivity contribution in [1.29, 1.82) is 0 Å². The van der Waals surface area contributed by atoms with Crippen molar-refractivity contribution in [3.05, 3.63) is 35.4 Å². The van der Waals surface area contributed by atoms with Gasteiger partial charge in [0.25, 0.3) is 0 Å². The fourth-order valence-electron chi connectivity index (χ4n) is 3.62. The maximum atomic E-state index is 11.1. The predicted octanol–water partition coefficient (Wildman–Crippen LogP) is 3.23. The van der Waals surface area contributed by atoms with E-state index in [1.807, 2.05) is 12.1 Å². The second-order valence-electron chi connectivity index (χ2n) is 6.71. The quantitative estimate of drug-likeness (QED) is 0.399. The molecule has 1 aromatic rings. The van der Waals surface area contributed by atoms with Crippen LogP contribution in [-0.2, 0) is 12.0 Å². The number of rotatable bonds is 4. The Morgan fingerprint density at radius 3 is 2.96 bits per heavy atom. The van der Waals surface area contributed by atoms with Crippen molar-refractivity contribution in [3.63, 3.8) is 0 Å². The zero-order chi connectivity index (χ0) is 17.0. The Morgan fingerprint density at radius 2 is 2.20 bits per heavy atom. The van der Waals surface area contributed by atoms with Gasteiger partial charge in [-0.25, -0.2) is 4.99 Å². The van der Waals surface area contributed by atoms with Gasteiger partial charge in [0.05, 0.1) is 6.54 Å². The van der Waals surface area contributed by atoms with Crippen LogP contribution in [0.5, 0.6) is 0 Å². The van der Waals surface area contributed by atoms with Crippen molar-refractivity contribution in [2.24, 2.45) is 4.99 Å². The van der Waals surface area contributed by atoms with E-state index in [0.717, 1.165) is 49.8 Å². The Kier molecular flexibility index (Phi) is 7.89. The Hall–Kier alpha value is -0.470. The molecule has 0 bridgehead atoms. The average Bonchev–Trinajstić information content (AvgIpc) is 2.96. The van der Waals surface area contributed by atoms with Crippen LogP contribution < -0.4 is 5.32 Å². The number of aryl methyl sites for hydroxylation is 1. The van der Waals surface area contributed by atoms with E-state index in [2.05, 4.69) is 48.0 Å². The molecule has 1 saturated heterocycles. The zero-order valence-corrected chi connectivity index (χ0v) is 18.3. The van der Waals surface area contributed by atoms with Gasteiger partial charge in [-0.3, -0.25) is 0 Å². The van der Waals surface area contributed by atoms with Gasteiger partial charge in [0, 0.05) is 30.6 Å². The molecule has 0 radical (unpaired) electrons. The lowest BCUT2D eigenvalue weighted by Gasteiger charge is -2.35. The number of aliphatic hydroxyl groups is 1. The summed E-state index contributed by atoms with van der Waals surface area (Å²) in [6.45, 7) is 7.72. The van der Waals surface area contributed by atoms with E-state index in [-0.39, 0.29) is 24.0 Å². The standard InChI is InChI=1S/C19H29N3OS.HI/c1-3-16-13-22(11-12-24-16)18(20-4-2)21-14-19(23)10-9-15-7-5-6-8-17(15)19;/h5-8,16,23H,3-4,9-14H2,1-2H3,(H,20,21);1H. The number of aliphatic imine (C=N–C) groups is 1. The van der Waals surface area contributed by atoms with E-state index in [4.69, 9.17) is 4.99 Å². The van der Waals surface area contributed by atoms with Crippen LogP contribution in [0.15, 0.2) is 29.3 Å². The van der Waals surface area contributed by atoms with Crippen LogP contribution in [0.25, 0.3) is 0 Å². The largest absolute Gasteiger partial charge is 0.383 e. The first kappa shape index (κ1) is 20.8. The zero-order valence-electron chi connectivity index (χ0n) is 15.2. The molecule has 2 N–H and O–H groups in total. The lowest BCUT2D eigenvalue weighted by atomic mass is 9.96. The Labute approximate surface area is 172 Å². The van der Waals surface area contributed by atoms with E-state index in [1.165, 1.54) is 12.0 Å². The molecule has 1 aliphatic heterocycles. The van der Waals surface area contributed by atoms with E-state index >= 15 is 0 Å². The van der Waals surface area contributed by atoms with E-state index in [1.54, 1.807) is 0 Å². The minimum absolute atomic E-state index is 0. The van der Waals surface area contributed by atoms with E-state index in [9.17, 15) is 5.11 Å². The summed E-state index contributed by atoms with van der Waals surface area (Å²) in [5.41, 5.74) is 1.51. The minimum Gasteiger partial charge on any atom is -0.383 e. The SMILES string of the molecule is CCNC(=NCC1(O)CCc2ccccc21)N1CCSC(CC)C1.I. The first-order valence-electron chi connectivity index (χ1n) is 9.12. The second kappa shape index (κ2) is 9.46. The van der Waals surface area contributed by atoms with Crippen molar-refractivity contribution in [2.45, 2.75) is 44.0 Å². The smallest absolute Gasteiger partial charge is 0.194 e. The number of halogens is 1. The third kappa shape index (κ3) is 4.83. The molecule has 2 aliphatic rings. The van der Waals surface area contributed by atoms with Crippen LogP contribution in [0.2, 0.25) is 0 Å². The molecule has 2 atom stereocenters. The first-order valence-corrected chi connectivity index (χ1v) is 10.2. The molecule has 0 saturated carbocycles. The molecule has 0 amide bonds. The summed E-state index contributed by atoms with van der Waals surface area (Å²) in [5, 5.41) is 15.2. The number of guanidine groups is 1. The predicted molar refractivity (Wildman–Crippen MR) is 118 cm³/mol. The number of nitrogens with one attached hydrogen (secondary N) is 1. The van der Waals surface area contributed by atoms with Gasteiger partial charge in [0.15, 0.2) is 5.96 Å². The summed E-state index contributed by atoms with van der Waals surface area (Å²) in [6.07, 6.45) is 2.90. The van der Waals surface area contributed by atoms with Crippen molar-refractivity contribution in [1.82, 2.24) is 10.2 Å². The topological polar surface area (TPSA) is 47.9 Å². The summed E-state index contributed by atoms with van der Waals surface area (Å²) >= 11 is 2.06. The molecule has 3 rings (SSSR count). The van der Waals surface area contributed by atoms with Gasteiger partial charge in [-0.2, -0.15) is 11.8 Å². The Bertz CT molecular complexity index is 598. The van der Waals surface area contributed by atoms with Crippen molar-refractivity contribution in [3.8, 4) is 0 Å². The second-order valence-corrected chi connectivity index (χ2v) is 8.11. The Balaban J connectivity index is 0.00000225. The molecular formula is C19H30IN3OS. The molecule has 4 nitrogen and oxygen atoms in total. The van der Waals surface area contributed by atoms with Gasteiger partial charge in [-0.05, 0) is 37.3 Å². The maximum absolute atomic E-state index is 11.1. The number of benzene rings is 1. The van der Waals surface area contributed by atoms with E-state index < -0.39 is 5.60 Å². The van der Waals surface area contributed by atoms with Crippen LogP contribution in [0.3, 0.4) is 0 Å². The van der Waals surface area contributed by atoms with Gasteiger partial charge in [0.2, 0.25) is 0 Å². The molecular weight excluding hydrogens is 445 g/mol. The van der Waals surface area contributed by atoms with Crippen molar-refractivity contribution >= 4 is 41.7 Å². The molecule has 1 heterocycles. The molecule has 1 aliphatic carbocycles. The van der Waals surface area contributed by atoms with Crippen LogP contribution in [-0.4, -0.2) is 53.1 Å². The van der Waals surface area contributed by atoms with Crippen LogP contribution in [0.1, 0.15) is 37.8 Å². The molecule has 1 fully saturated rings. The summed E-state index contributed by atoms with van der Waals surface area (Å²) < 4.78 is 0. The molecule has 6 heteroatoms. The molecule has 25 heavy (non-hydrogen) atoms. The monoisotopic (exact) mass is 475 g/mol. The van der Waals surface area contributed by atoms with Gasteiger partial charge in [-0.15, -0.1) is 24.0 Å². The summed E-state index contributed by atoms with van der Waals surface area (Å²) in [4.78, 5) is 7.19. The molecule has 140 valence electrons. The highest BCUT2D eigenvalue weighted by atomic mass is 127. The van der Waals surface area contributed by atoms with Gasteiger partial charge in [-0.1, -0.05) is 31.2 Å². The van der Waals surface area contributed by atoms with Crippen LogP contribution in [0.4, 0.5) is 0 Å². The minimum atomic E-state index is -0.814. The molecule has 0 spiro atoms. The van der Waals surface area contributed by atoms with Crippen molar-refractivity contribution < 1.29 is 5.11 Å². The van der Waals surface area contributed by atoms with Gasteiger partial charge >= 0.3 is 0 Å². The van der Waals surface area contributed by atoms with E-state index in [0.29, 0.717) is 11.8 Å². The number of hydrogen-bond acceptors (Lipinski definition) is 3. The lowest BCUT2D eigenvalue weighted by Crippen LogP contribution is -2.48. The average molecular weight is 475 g/mol. The summed E-state index contributed by atoms with van der Waals surface area (Å²) in [6, 6.07) is 8.23. The molecule has 0 aromatic heterocycles. The molecule has 2 unspecified atom stereocenters. The number of fused-ring (bicyclic) bond motifs is 1. The highest BCUT2D eigenvalue weighted by Gasteiger charge is 2.36. The molecule has 1 aromatic carbocycles. The third-order valence-corrected chi connectivity index (χ3v) is 6.42. The third-order valence-electron chi connectivity index (χ3n) is 5.05. The highest BCUT2D eigenvalue weighted by Crippen LogP contribution is 2.37. The normalized spacial score (nSPS) is 26.1. The van der Waals surface area contributed by atoms with Gasteiger partial charge < -0.3 is 15.3 Å². The summed E-state index contributed by atoms with van der Waals surface area (Å²) in [7, 11) is 0.